The number of benzene rings is 1. The zero-order valence-corrected chi connectivity index (χ0v) is 13.9. The fraction of sp³-hybridized carbons (Fsp3) is 0.600. The third kappa shape index (κ3) is 4.04. The smallest absolute Gasteiger partial charge is 0.241 e. The molecule has 0 aliphatic carbocycles. The summed E-state index contributed by atoms with van der Waals surface area (Å²) in [5, 5.41) is 3.18. The van der Waals surface area contributed by atoms with E-state index in [1.54, 1.807) is 0 Å². The van der Waals surface area contributed by atoms with Crippen LogP contribution < -0.4 is 10.0 Å². The van der Waals surface area contributed by atoms with E-state index in [-0.39, 0.29) is 0 Å². The molecular weight excluding hydrogens is 272 g/mol. The first-order chi connectivity index (χ1) is 9.31. The Hall–Kier alpha value is -0.910. The summed E-state index contributed by atoms with van der Waals surface area (Å²) in [6.07, 6.45) is 0.788. The van der Waals surface area contributed by atoms with Gasteiger partial charge in [0.1, 0.15) is 0 Å². The quantitative estimate of drug-likeness (QED) is 0.759. The van der Waals surface area contributed by atoms with Crippen molar-refractivity contribution in [3.63, 3.8) is 0 Å². The lowest BCUT2D eigenvalue weighted by Gasteiger charge is -2.16. The number of aryl methyl sites for hydroxylation is 2. The molecule has 0 spiro atoms. The molecule has 0 aromatic heterocycles. The number of sulfonamides is 1. The minimum Gasteiger partial charge on any atom is -0.317 e. The molecule has 1 aromatic rings. The predicted molar refractivity (Wildman–Crippen MR) is 83.7 cm³/mol. The Balaban J connectivity index is 2.93. The van der Waals surface area contributed by atoms with Gasteiger partial charge in [-0.15, -0.1) is 0 Å². The summed E-state index contributed by atoms with van der Waals surface area (Å²) >= 11 is 0. The van der Waals surface area contributed by atoms with Gasteiger partial charge >= 0.3 is 0 Å². The van der Waals surface area contributed by atoms with E-state index in [2.05, 4.69) is 10.0 Å². The second-order valence-electron chi connectivity index (χ2n) is 5.19. The minimum atomic E-state index is -3.43. The highest BCUT2D eigenvalue weighted by Gasteiger charge is 2.21. The van der Waals surface area contributed by atoms with E-state index in [0.29, 0.717) is 11.4 Å². The lowest BCUT2D eigenvalue weighted by molar-refractivity contribution is 0.574. The molecule has 20 heavy (non-hydrogen) atoms. The Bertz CT molecular complexity index is 539. The average molecular weight is 298 g/mol. The number of hydrogen-bond acceptors (Lipinski definition) is 3. The molecule has 0 heterocycles. The van der Waals surface area contributed by atoms with Crippen molar-refractivity contribution in [1.82, 2.24) is 10.0 Å². The highest BCUT2D eigenvalue weighted by molar-refractivity contribution is 7.89. The van der Waals surface area contributed by atoms with Crippen LogP contribution in [0.3, 0.4) is 0 Å². The Morgan fingerprint density at radius 2 is 1.55 bits per heavy atom. The molecule has 0 bridgehead atoms. The van der Waals surface area contributed by atoms with Gasteiger partial charge in [0.25, 0.3) is 0 Å². The molecule has 0 saturated carbocycles. The van der Waals surface area contributed by atoms with Gasteiger partial charge in [-0.05, 0) is 69.5 Å². The predicted octanol–water partition coefficient (Wildman–Crippen LogP) is 2.20. The maximum Gasteiger partial charge on any atom is 0.241 e. The van der Waals surface area contributed by atoms with Crippen LogP contribution in [0.2, 0.25) is 0 Å². The zero-order chi connectivity index (χ0) is 15.3. The maximum absolute atomic E-state index is 12.5. The Kier molecular flexibility index (Phi) is 6.17. The first-order valence-corrected chi connectivity index (χ1v) is 8.57. The summed E-state index contributed by atoms with van der Waals surface area (Å²) in [5.41, 5.74) is 3.71. The molecule has 1 rings (SSSR count). The van der Waals surface area contributed by atoms with E-state index in [0.717, 1.165) is 41.8 Å². The second-order valence-corrected chi connectivity index (χ2v) is 6.90. The van der Waals surface area contributed by atoms with Gasteiger partial charge in [0.05, 0.1) is 4.90 Å². The molecular formula is C15H26N2O2S. The highest BCUT2D eigenvalue weighted by atomic mass is 32.2. The lowest BCUT2D eigenvalue weighted by Crippen LogP contribution is -2.29. The van der Waals surface area contributed by atoms with Crippen LogP contribution in [0.15, 0.2) is 11.0 Å². The summed E-state index contributed by atoms with van der Waals surface area (Å²) < 4.78 is 27.7. The molecule has 114 valence electrons. The van der Waals surface area contributed by atoms with Crippen LogP contribution in [0.4, 0.5) is 0 Å². The fourth-order valence-corrected chi connectivity index (χ4v) is 3.94. The van der Waals surface area contributed by atoms with Gasteiger partial charge in [0.2, 0.25) is 10.0 Å². The molecule has 0 amide bonds. The normalized spacial score (nSPS) is 11.8. The average Bonchev–Trinajstić information content (AvgIpc) is 2.36. The van der Waals surface area contributed by atoms with Crippen LogP contribution in [0.25, 0.3) is 0 Å². The van der Waals surface area contributed by atoms with E-state index >= 15 is 0 Å². The molecule has 0 atom stereocenters. The largest absolute Gasteiger partial charge is 0.317 e. The van der Waals surface area contributed by atoms with E-state index in [1.807, 2.05) is 40.7 Å². The van der Waals surface area contributed by atoms with E-state index in [1.165, 1.54) is 0 Å². The fourth-order valence-electron chi connectivity index (χ4n) is 2.25. The summed E-state index contributed by atoms with van der Waals surface area (Å²) in [4.78, 5) is 0.443. The van der Waals surface area contributed by atoms with Crippen molar-refractivity contribution in [2.24, 2.45) is 0 Å². The van der Waals surface area contributed by atoms with Gasteiger partial charge < -0.3 is 5.32 Å². The standard InChI is InChI=1S/C15H26N2O2S/c1-6-16-8-7-9-17-20(18,19)15-13(4)11(2)10-12(3)14(15)5/h10,16-17H,6-9H2,1-5H3. The molecule has 0 fully saturated rings. The maximum atomic E-state index is 12.5. The van der Waals surface area contributed by atoms with Gasteiger partial charge in [0, 0.05) is 6.54 Å². The van der Waals surface area contributed by atoms with Crippen LogP contribution in [0.1, 0.15) is 35.6 Å². The molecule has 0 unspecified atom stereocenters. The van der Waals surface area contributed by atoms with Gasteiger partial charge in [-0.3, -0.25) is 0 Å². The third-order valence-electron chi connectivity index (χ3n) is 3.64. The number of nitrogens with one attached hydrogen (secondary N) is 2. The van der Waals surface area contributed by atoms with Gasteiger partial charge in [-0.25, -0.2) is 13.1 Å². The van der Waals surface area contributed by atoms with Crippen molar-refractivity contribution in [2.75, 3.05) is 19.6 Å². The molecule has 0 aliphatic rings. The summed E-state index contributed by atoms with van der Waals surface area (Å²) in [6.45, 7) is 11.9. The highest BCUT2D eigenvalue weighted by Crippen LogP contribution is 2.25. The van der Waals surface area contributed by atoms with E-state index < -0.39 is 10.0 Å². The molecule has 1 aromatic carbocycles. The molecule has 0 radical (unpaired) electrons. The van der Waals surface area contributed by atoms with Crippen molar-refractivity contribution in [1.29, 1.82) is 0 Å². The topological polar surface area (TPSA) is 58.2 Å². The van der Waals surface area contributed by atoms with Gasteiger partial charge in [-0.2, -0.15) is 0 Å². The van der Waals surface area contributed by atoms with Crippen LogP contribution in [-0.2, 0) is 10.0 Å². The SMILES string of the molecule is CCNCCCNS(=O)(=O)c1c(C)c(C)cc(C)c1C. The monoisotopic (exact) mass is 298 g/mol. The summed E-state index contributed by atoms with van der Waals surface area (Å²) in [6, 6.07) is 2.04. The van der Waals surface area contributed by atoms with Crippen molar-refractivity contribution in [3.05, 3.63) is 28.3 Å². The van der Waals surface area contributed by atoms with Gasteiger partial charge in [-0.1, -0.05) is 13.0 Å². The molecule has 0 saturated heterocycles. The van der Waals surface area contributed by atoms with Crippen molar-refractivity contribution >= 4 is 10.0 Å². The van der Waals surface area contributed by atoms with Gasteiger partial charge in [0.15, 0.2) is 0 Å². The second kappa shape index (κ2) is 7.20. The lowest BCUT2D eigenvalue weighted by atomic mass is 10.0. The molecule has 5 heteroatoms. The summed E-state index contributed by atoms with van der Waals surface area (Å²) in [5.74, 6) is 0. The zero-order valence-electron chi connectivity index (χ0n) is 13.1. The minimum absolute atomic E-state index is 0.443. The molecule has 2 N–H and O–H groups in total. The van der Waals surface area contributed by atoms with Crippen molar-refractivity contribution in [2.45, 2.75) is 45.9 Å². The molecule has 0 aliphatic heterocycles. The van der Waals surface area contributed by atoms with Crippen LogP contribution in [0, 0.1) is 27.7 Å². The van der Waals surface area contributed by atoms with Crippen LogP contribution >= 0.6 is 0 Å². The summed E-state index contributed by atoms with van der Waals surface area (Å²) in [7, 11) is -3.43. The number of hydrogen-bond donors (Lipinski definition) is 2. The third-order valence-corrected chi connectivity index (χ3v) is 5.37. The Morgan fingerprint density at radius 1 is 1.00 bits per heavy atom. The van der Waals surface area contributed by atoms with E-state index in [4.69, 9.17) is 0 Å². The van der Waals surface area contributed by atoms with Crippen molar-refractivity contribution < 1.29 is 8.42 Å². The van der Waals surface area contributed by atoms with Crippen LogP contribution in [-0.4, -0.2) is 28.1 Å². The van der Waals surface area contributed by atoms with Crippen LogP contribution in [0.5, 0.6) is 0 Å². The molecule has 4 nitrogen and oxygen atoms in total. The number of rotatable bonds is 7. The first-order valence-electron chi connectivity index (χ1n) is 7.09. The Labute approximate surface area is 123 Å². The first kappa shape index (κ1) is 17.1. The Morgan fingerprint density at radius 3 is 2.05 bits per heavy atom. The van der Waals surface area contributed by atoms with Crippen molar-refractivity contribution in [3.8, 4) is 0 Å². The van der Waals surface area contributed by atoms with E-state index in [9.17, 15) is 8.42 Å².